The second kappa shape index (κ2) is 9.48. The van der Waals surface area contributed by atoms with Gasteiger partial charge >= 0.3 is 0 Å². The molecule has 1 atom stereocenters. The van der Waals surface area contributed by atoms with E-state index < -0.39 is 5.25 Å². The van der Waals surface area contributed by atoms with Crippen molar-refractivity contribution in [3.05, 3.63) is 108 Å². The van der Waals surface area contributed by atoms with Crippen LogP contribution >= 0.6 is 23.1 Å². The summed E-state index contributed by atoms with van der Waals surface area (Å²) in [5, 5.41) is 7.52. The summed E-state index contributed by atoms with van der Waals surface area (Å²) >= 11 is 2.92. The minimum absolute atomic E-state index is 0.109. The molecule has 0 spiro atoms. The molecule has 5 rings (SSSR count). The highest BCUT2D eigenvalue weighted by Crippen LogP contribution is 2.37. The fraction of sp³-hybridized carbons (Fsp3) is 0.0370. The summed E-state index contributed by atoms with van der Waals surface area (Å²) in [6.45, 7) is 0. The molecule has 33 heavy (non-hydrogen) atoms. The fourth-order valence-corrected chi connectivity index (χ4v) is 5.31. The zero-order chi connectivity index (χ0) is 22.6. The number of rotatable bonds is 6. The molecular weight excluding hydrogens is 446 g/mol. The number of hydrogen-bond donors (Lipinski definition) is 2. The van der Waals surface area contributed by atoms with Gasteiger partial charge in [0.15, 0.2) is 5.13 Å². The highest BCUT2D eigenvalue weighted by atomic mass is 32.2. The lowest BCUT2D eigenvalue weighted by Gasteiger charge is -2.16. The van der Waals surface area contributed by atoms with Gasteiger partial charge in [0.1, 0.15) is 5.25 Å². The molecule has 0 aliphatic rings. The van der Waals surface area contributed by atoms with E-state index in [9.17, 15) is 4.79 Å². The number of nitrogens with two attached hydrogens (primary N) is 1. The Balaban J connectivity index is 1.38. The Morgan fingerprint density at radius 3 is 2.39 bits per heavy atom. The van der Waals surface area contributed by atoms with Gasteiger partial charge in [-0.3, -0.25) is 4.79 Å². The van der Waals surface area contributed by atoms with Gasteiger partial charge in [0, 0.05) is 21.5 Å². The van der Waals surface area contributed by atoms with Gasteiger partial charge in [-0.15, -0.1) is 23.1 Å². The number of thioether (sulfide) groups is 1. The van der Waals surface area contributed by atoms with Crippen molar-refractivity contribution in [1.29, 1.82) is 0 Å². The third-order valence-corrected chi connectivity index (χ3v) is 7.28. The van der Waals surface area contributed by atoms with Gasteiger partial charge in [0.2, 0.25) is 5.91 Å². The monoisotopic (exact) mass is 467 g/mol. The summed E-state index contributed by atoms with van der Waals surface area (Å²) in [5.41, 5.74) is 9.33. The zero-order valence-corrected chi connectivity index (χ0v) is 19.3. The molecule has 1 amide bonds. The number of nitrogens with zero attached hydrogens (tertiary/aromatic N) is 1. The van der Waals surface area contributed by atoms with Crippen molar-refractivity contribution in [3.63, 3.8) is 0 Å². The van der Waals surface area contributed by atoms with E-state index in [1.165, 1.54) is 28.5 Å². The Morgan fingerprint density at radius 1 is 0.879 bits per heavy atom. The standard InChI is InChI=1S/C27H21N3OS2/c28-22-12-14-23(15-13-22)33-25(19-7-2-1-3-8-19)26(31)30-27-29-24(17-32-27)21-11-10-18-6-4-5-9-20(18)16-21/h1-17,25H,28H2,(H,29,30,31). The Kier molecular flexibility index (Phi) is 6.11. The predicted octanol–water partition coefficient (Wildman–Crippen LogP) is 7.02. The van der Waals surface area contributed by atoms with Crippen LogP contribution in [0.5, 0.6) is 0 Å². The summed E-state index contributed by atoms with van der Waals surface area (Å²) < 4.78 is 0. The van der Waals surface area contributed by atoms with E-state index in [0.717, 1.165) is 27.1 Å². The Bertz CT molecular complexity index is 1400. The molecule has 3 N–H and O–H groups in total. The molecule has 6 heteroatoms. The summed E-state index contributed by atoms with van der Waals surface area (Å²) in [7, 11) is 0. The second-order valence-corrected chi connectivity index (χ2v) is 9.60. The normalized spacial score (nSPS) is 11.9. The van der Waals surface area contributed by atoms with Gasteiger partial charge in [-0.2, -0.15) is 0 Å². The summed E-state index contributed by atoms with van der Waals surface area (Å²) in [5.74, 6) is -0.109. The lowest BCUT2D eigenvalue weighted by Crippen LogP contribution is -2.18. The average molecular weight is 468 g/mol. The van der Waals surface area contributed by atoms with Crippen LogP contribution in [0.4, 0.5) is 10.8 Å². The number of fused-ring (bicyclic) bond motifs is 1. The molecule has 0 bridgehead atoms. The molecule has 0 aliphatic carbocycles. The molecule has 0 saturated heterocycles. The van der Waals surface area contributed by atoms with E-state index in [4.69, 9.17) is 5.73 Å². The first-order valence-corrected chi connectivity index (χ1v) is 12.2. The molecule has 5 aromatic rings. The zero-order valence-electron chi connectivity index (χ0n) is 17.6. The van der Waals surface area contributed by atoms with Crippen molar-refractivity contribution in [2.75, 3.05) is 11.1 Å². The summed E-state index contributed by atoms with van der Waals surface area (Å²) in [6, 6.07) is 31.9. The van der Waals surface area contributed by atoms with Gasteiger partial charge in [-0.1, -0.05) is 66.7 Å². The SMILES string of the molecule is Nc1ccc(SC(C(=O)Nc2nc(-c3ccc4ccccc4c3)cs2)c2ccccc2)cc1. The van der Waals surface area contributed by atoms with Crippen LogP contribution in [-0.2, 0) is 4.79 Å². The second-order valence-electron chi connectivity index (χ2n) is 7.57. The first-order valence-electron chi connectivity index (χ1n) is 10.5. The summed E-state index contributed by atoms with van der Waals surface area (Å²) in [4.78, 5) is 19.0. The maximum atomic E-state index is 13.3. The van der Waals surface area contributed by atoms with Crippen molar-refractivity contribution in [3.8, 4) is 11.3 Å². The fourth-order valence-electron chi connectivity index (χ4n) is 3.57. The smallest absolute Gasteiger partial charge is 0.244 e. The first kappa shape index (κ1) is 21.2. The van der Waals surface area contributed by atoms with Gasteiger partial charge in [-0.25, -0.2) is 4.98 Å². The van der Waals surface area contributed by atoms with Crippen LogP contribution < -0.4 is 11.1 Å². The minimum Gasteiger partial charge on any atom is -0.399 e. The van der Waals surface area contributed by atoms with Crippen molar-refractivity contribution < 1.29 is 4.79 Å². The van der Waals surface area contributed by atoms with Crippen LogP contribution in [-0.4, -0.2) is 10.9 Å². The van der Waals surface area contributed by atoms with Gasteiger partial charge < -0.3 is 11.1 Å². The van der Waals surface area contributed by atoms with E-state index in [-0.39, 0.29) is 5.91 Å². The number of aromatic nitrogens is 1. The number of anilines is 2. The number of hydrogen-bond acceptors (Lipinski definition) is 5. The molecule has 1 unspecified atom stereocenters. The van der Waals surface area contributed by atoms with Crippen molar-refractivity contribution >= 4 is 50.6 Å². The third-order valence-electron chi connectivity index (χ3n) is 5.25. The van der Waals surface area contributed by atoms with E-state index in [1.807, 2.05) is 72.1 Å². The van der Waals surface area contributed by atoms with Crippen LogP contribution in [0.2, 0.25) is 0 Å². The number of thiazole rings is 1. The maximum Gasteiger partial charge on any atom is 0.244 e. The molecule has 0 fully saturated rings. The van der Waals surface area contributed by atoms with E-state index >= 15 is 0 Å². The van der Waals surface area contributed by atoms with Gasteiger partial charge in [0.05, 0.1) is 5.69 Å². The van der Waals surface area contributed by atoms with E-state index in [1.54, 1.807) is 0 Å². The minimum atomic E-state index is -0.414. The molecular formula is C27H21N3OS2. The molecule has 4 aromatic carbocycles. The van der Waals surface area contributed by atoms with E-state index in [2.05, 4.69) is 40.6 Å². The molecule has 1 heterocycles. The highest BCUT2D eigenvalue weighted by Gasteiger charge is 2.23. The van der Waals surface area contributed by atoms with Crippen molar-refractivity contribution in [2.45, 2.75) is 10.1 Å². The van der Waals surface area contributed by atoms with Crippen molar-refractivity contribution in [2.24, 2.45) is 0 Å². The lowest BCUT2D eigenvalue weighted by atomic mass is 10.1. The van der Waals surface area contributed by atoms with E-state index in [0.29, 0.717) is 10.8 Å². The van der Waals surface area contributed by atoms with Crippen LogP contribution in [0.15, 0.2) is 107 Å². The first-order chi connectivity index (χ1) is 16.2. The Hall–Kier alpha value is -3.61. The molecule has 4 nitrogen and oxygen atoms in total. The number of benzene rings is 4. The topological polar surface area (TPSA) is 68.0 Å². The molecule has 162 valence electrons. The van der Waals surface area contributed by atoms with Crippen LogP contribution in [0.3, 0.4) is 0 Å². The molecule has 0 saturated carbocycles. The van der Waals surface area contributed by atoms with Gasteiger partial charge in [0.25, 0.3) is 0 Å². The quantitative estimate of drug-likeness (QED) is 0.208. The average Bonchev–Trinajstić information content (AvgIpc) is 3.32. The number of nitrogen functional groups attached to an aromatic ring is 1. The van der Waals surface area contributed by atoms with Crippen LogP contribution in [0, 0.1) is 0 Å². The number of carbonyl (C=O) groups is 1. The predicted molar refractivity (Wildman–Crippen MR) is 140 cm³/mol. The number of amides is 1. The number of nitrogens with one attached hydrogen (secondary N) is 1. The van der Waals surface area contributed by atoms with Crippen molar-refractivity contribution in [1.82, 2.24) is 4.98 Å². The maximum absolute atomic E-state index is 13.3. The Morgan fingerprint density at radius 2 is 1.61 bits per heavy atom. The van der Waals surface area contributed by atoms with Crippen LogP contribution in [0.1, 0.15) is 10.8 Å². The number of carbonyl (C=O) groups excluding carboxylic acids is 1. The molecule has 1 aromatic heterocycles. The summed E-state index contributed by atoms with van der Waals surface area (Å²) in [6.07, 6.45) is 0. The molecule has 0 radical (unpaired) electrons. The highest BCUT2D eigenvalue weighted by molar-refractivity contribution is 8.00. The lowest BCUT2D eigenvalue weighted by molar-refractivity contribution is -0.115. The Labute approximate surface area is 200 Å². The molecule has 0 aliphatic heterocycles. The van der Waals surface area contributed by atoms with Gasteiger partial charge in [-0.05, 0) is 46.7 Å². The van der Waals surface area contributed by atoms with Crippen LogP contribution in [0.25, 0.3) is 22.0 Å². The third kappa shape index (κ3) is 4.92. The largest absolute Gasteiger partial charge is 0.399 e.